The number of benzene rings is 1. The van der Waals surface area contributed by atoms with Crippen molar-refractivity contribution in [1.82, 2.24) is 4.90 Å². The lowest BCUT2D eigenvalue weighted by atomic mass is 10.0. The van der Waals surface area contributed by atoms with E-state index in [0.717, 1.165) is 23.5 Å². The van der Waals surface area contributed by atoms with Gasteiger partial charge in [0.1, 0.15) is 11.8 Å². The van der Waals surface area contributed by atoms with E-state index in [9.17, 15) is 14.7 Å². The maximum Gasteiger partial charge on any atom is 0.326 e. The van der Waals surface area contributed by atoms with Crippen molar-refractivity contribution >= 4 is 23.6 Å². The van der Waals surface area contributed by atoms with Gasteiger partial charge in [0.25, 0.3) is 0 Å². The van der Waals surface area contributed by atoms with Crippen molar-refractivity contribution in [3.63, 3.8) is 0 Å². The molecule has 5 nitrogen and oxygen atoms in total. The standard InChI is InChI=1S/C16H21NO4S/c1-2-21-12-6-8-13(9-7-12)22-11-15(18)17-10-4-3-5-14(17)16(19)20/h6-9,14H,2-5,10-11H2,1H3,(H,19,20). The highest BCUT2D eigenvalue weighted by molar-refractivity contribution is 8.00. The van der Waals surface area contributed by atoms with Gasteiger partial charge in [0, 0.05) is 11.4 Å². The van der Waals surface area contributed by atoms with Crippen LogP contribution in [0.25, 0.3) is 0 Å². The Morgan fingerprint density at radius 2 is 2.05 bits per heavy atom. The number of aliphatic carboxylic acids is 1. The number of carbonyl (C=O) groups excluding carboxylic acids is 1. The van der Waals surface area contributed by atoms with Crippen molar-refractivity contribution in [3.05, 3.63) is 24.3 Å². The van der Waals surface area contributed by atoms with Crippen molar-refractivity contribution in [2.24, 2.45) is 0 Å². The van der Waals surface area contributed by atoms with E-state index in [0.29, 0.717) is 19.6 Å². The number of rotatable bonds is 6. The van der Waals surface area contributed by atoms with E-state index in [2.05, 4.69) is 0 Å². The van der Waals surface area contributed by atoms with Gasteiger partial charge < -0.3 is 14.7 Å². The van der Waals surface area contributed by atoms with E-state index in [4.69, 9.17) is 4.74 Å². The Morgan fingerprint density at radius 1 is 1.32 bits per heavy atom. The van der Waals surface area contributed by atoms with Crippen LogP contribution in [0.5, 0.6) is 5.75 Å². The second-order valence-electron chi connectivity index (χ2n) is 5.13. The summed E-state index contributed by atoms with van der Waals surface area (Å²) in [7, 11) is 0. The molecule has 0 bridgehead atoms. The number of hydrogen-bond acceptors (Lipinski definition) is 4. The van der Waals surface area contributed by atoms with Gasteiger partial charge in [0.05, 0.1) is 12.4 Å². The summed E-state index contributed by atoms with van der Waals surface area (Å²) in [4.78, 5) is 26.0. The molecular formula is C16H21NO4S. The topological polar surface area (TPSA) is 66.8 Å². The largest absolute Gasteiger partial charge is 0.494 e. The Morgan fingerprint density at radius 3 is 2.68 bits per heavy atom. The van der Waals surface area contributed by atoms with Crippen LogP contribution in [0, 0.1) is 0 Å². The van der Waals surface area contributed by atoms with Crippen LogP contribution in [-0.4, -0.2) is 46.8 Å². The minimum atomic E-state index is -0.904. The number of carboxylic acids is 1. The summed E-state index contributed by atoms with van der Waals surface area (Å²) in [6.07, 6.45) is 2.30. The van der Waals surface area contributed by atoms with Crippen LogP contribution in [0.4, 0.5) is 0 Å². The number of nitrogens with zero attached hydrogens (tertiary/aromatic N) is 1. The molecule has 1 fully saturated rings. The van der Waals surface area contributed by atoms with Crippen molar-refractivity contribution in [2.45, 2.75) is 37.1 Å². The average Bonchev–Trinajstić information content (AvgIpc) is 2.54. The van der Waals surface area contributed by atoms with Gasteiger partial charge in [-0.2, -0.15) is 0 Å². The van der Waals surface area contributed by atoms with Crippen LogP contribution < -0.4 is 4.74 Å². The van der Waals surface area contributed by atoms with Gasteiger partial charge in [-0.05, 0) is 50.5 Å². The molecule has 0 aliphatic carbocycles. The summed E-state index contributed by atoms with van der Waals surface area (Å²) in [5.74, 6) is 0.0582. The molecule has 1 aliphatic heterocycles. The van der Waals surface area contributed by atoms with E-state index >= 15 is 0 Å². The molecular weight excluding hydrogens is 302 g/mol. The molecule has 1 amide bonds. The molecule has 0 radical (unpaired) electrons. The summed E-state index contributed by atoms with van der Waals surface area (Å²) in [6.45, 7) is 3.09. The molecule has 0 spiro atoms. The van der Waals surface area contributed by atoms with Gasteiger partial charge in [0.2, 0.25) is 5.91 Å². The van der Waals surface area contributed by atoms with Crippen LogP contribution in [0.2, 0.25) is 0 Å². The lowest BCUT2D eigenvalue weighted by Crippen LogP contribution is -2.48. The average molecular weight is 323 g/mol. The molecule has 6 heteroatoms. The van der Waals surface area contributed by atoms with E-state index in [-0.39, 0.29) is 11.7 Å². The molecule has 1 aromatic rings. The predicted molar refractivity (Wildman–Crippen MR) is 85.3 cm³/mol. The summed E-state index contributed by atoms with van der Waals surface area (Å²) in [5.41, 5.74) is 0. The number of carbonyl (C=O) groups is 2. The Kier molecular flexibility index (Phi) is 6.12. The predicted octanol–water partition coefficient (Wildman–Crippen LogP) is 2.64. The molecule has 1 unspecified atom stereocenters. The first kappa shape index (κ1) is 16.7. The monoisotopic (exact) mass is 323 g/mol. The summed E-state index contributed by atoms with van der Waals surface area (Å²) >= 11 is 1.42. The molecule has 0 saturated carbocycles. The van der Waals surface area contributed by atoms with E-state index in [1.54, 1.807) is 0 Å². The molecule has 0 aromatic heterocycles. The van der Waals surface area contributed by atoms with Gasteiger partial charge in [-0.15, -0.1) is 11.8 Å². The quantitative estimate of drug-likeness (QED) is 0.815. The lowest BCUT2D eigenvalue weighted by molar-refractivity contribution is -0.150. The Labute approximate surface area is 134 Å². The molecule has 22 heavy (non-hydrogen) atoms. The van der Waals surface area contributed by atoms with Gasteiger partial charge in [-0.1, -0.05) is 0 Å². The third kappa shape index (κ3) is 4.40. The fourth-order valence-corrected chi connectivity index (χ4v) is 3.30. The van der Waals surface area contributed by atoms with Crippen LogP contribution in [0.3, 0.4) is 0 Å². The number of carboxylic acid groups (broad SMARTS) is 1. The van der Waals surface area contributed by atoms with Crippen molar-refractivity contribution in [3.8, 4) is 5.75 Å². The highest BCUT2D eigenvalue weighted by Crippen LogP contribution is 2.24. The fourth-order valence-electron chi connectivity index (χ4n) is 2.51. The SMILES string of the molecule is CCOc1ccc(SCC(=O)N2CCCCC2C(=O)O)cc1. The van der Waals surface area contributed by atoms with Gasteiger partial charge in [-0.25, -0.2) is 4.79 Å². The van der Waals surface area contributed by atoms with Crippen LogP contribution in [-0.2, 0) is 9.59 Å². The zero-order chi connectivity index (χ0) is 15.9. The number of amides is 1. The van der Waals surface area contributed by atoms with Gasteiger partial charge >= 0.3 is 5.97 Å². The van der Waals surface area contributed by atoms with Crippen molar-refractivity contribution in [2.75, 3.05) is 18.9 Å². The highest BCUT2D eigenvalue weighted by atomic mass is 32.2. The molecule has 1 saturated heterocycles. The molecule has 120 valence electrons. The molecule has 1 atom stereocenters. The van der Waals surface area contributed by atoms with Gasteiger partial charge in [0.15, 0.2) is 0 Å². The highest BCUT2D eigenvalue weighted by Gasteiger charge is 2.31. The molecule has 1 aromatic carbocycles. The minimum absolute atomic E-state index is 0.106. The number of likely N-dealkylation sites (tertiary alicyclic amines) is 1. The van der Waals surface area contributed by atoms with Crippen LogP contribution in [0.15, 0.2) is 29.2 Å². The van der Waals surface area contributed by atoms with Gasteiger partial charge in [-0.3, -0.25) is 4.79 Å². The van der Waals surface area contributed by atoms with E-state index in [1.807, 2.05) is 31.2 Å². The first-order valence-corrected chi connectivity index (χ1v) is 8.48. The second-order valence-corrected chi connectivity index (χ2v) is 6.18. The Bertz CT molecular complexity index is 517. The minimum Gasteiger partial charge on any atom is -0.494 e. The summed E-state index contributed by atoms with van der Waals surface area (Å²) in [6, 6.07) is 6.90. The third-order valence-corrected chi connectivity index (χ3v) is 4.60. The third-order valence-electron chi connectivity index (χ3n) is 3.61. The molecule has 1 heterocycles. The summed E-state index contributed by atoms with van der Waals surface area (Å²) < 4.78 is 5.37. The zero-order valence-corrected chi connectivity index (χ0v) is 13.5. The maximum absolute atomic E-state index is 12.3. The molecule has 2 rings (SSSR count). The van der Waals surface area contributed by atoms with Crippen LogP contribution in [0.1, 0.15) is 26.2 Å². The number of ether oxygens (including phenoxy) is 1. The number of thioether (sulfide) groups is 1. The molecule has 1 aliphatic rings. The zero-order valence-electron chi connectivity index (χ0n) is 12.7. The maximum atomic E-state index is 12.3. The second kappa shape index (κ2) is 8.08. The Hall–Kier alpha value is -1.69. The Balaban J connectivity index is 1.89. The van der Waals surface area contributed by atoms with Crippen molar-refractivity contribution in [1.29, 1.82) is 0 Å². The first-order chi connectivity index (χ1) is 10.6. The number of hydrogen-bond donors (Lipinski definition) is 1. The van der Waals surface area contributed by atoms with Crippen molar-refractivity contribution < 1.29 is 19.4 Å². The lowest BCUT2D eigenvalue weighted by Gasteiger charge is -2.32. The van der Waals surface area contributed by atoms with E-state index < -0.39 is 12.0 Å². The smallest absolute Gasteiger partial charge is 0.326 e. The molecule has 1 N–H and O–H groups in total. The van der Waals surface area contributed by atoms with Crippen LogP contribution >= 0.6 is 11.8 Å². The number of piperidine rings is 1. The van der Waals surface area contributed by atoms with E-state index in [1.165, 1.54) is 16.7 Å². The normalized spacial score (nSPS) is 18.0. The summed E-state index contributed by atoms with van der Waals surface area (Å²) in [5, 5.41) is 9.21. The first-order valence-electron chi connectivity index (χ1n) is 7.49. The fraction of sp³-hybridized carbons (Fsp3) is 0.500.